The molecule has 0 aliphatic carbocycles. The summed E-state index contributed by atoms with van der Waals surface area (Å²) in [6.07, 6.45) is 3.18. The zero-order chi connectivity index (χ0) is 16.5. The molecular weight excluding hydrogens is 300 g/mol. The van der Waals surface area contributed by atoms with Crippen LogP contribution in [-0.4, -0.2) is 18.4 Å². The van der Waals surface area contributed by atoms with Crippen molar-refractivity contribution in [2.75, 3.05) is 11.4 Å². The summed E-state index contributed by atoms with van der Waals surface area (Å²) in [5.41, 5.74) is 5.13. The van der Waals surface area contributed by atoms with E-state index in [2.05, 4.69) is 5.32 Å². The quantitative estimate of drug-likeness (QED) is 0.945. The summed E-state index contributed by atoms with van der Waals surface area (Å²) in [5.74, 6) is 0.164. The largest absolute Gasteiger partial charge is 0.348 e. The molecule has 0 bridgehead atoms. The predicted molar refractivity (Wildman–Crippen MR) is 93.0 cm³/mol. The number of carbonyl (C=O) groups is 2. The number of nitrogens with one attached hydrogen (secondary N) is 1. The van der Waals surface area contributed by atoms with Crippen LogP contribution in [0, 0.1) is 0 Å². The lowest BCUT2D eigenvalue weighted by Crippen LogP contribution is -2.39. The molecule has 0 unspecified atom stereocenters. The second-order valence-corrected chi connectivity index (χ2v) is 6.46. The Bertz CT molecular complexity index is 782. The lowest BCUT2D eigenvalue weighted by molar-refractivity contribution is -0.119. The van der Waals surface area contributed by atoms with E-state index in [1.807, 2.05) is 47.4 Å². The third-order valence-corrected chi connectivity index (χ3v) is 4.83. The lowest BCUT2D eigenvalue weighted by Gasteiger charge is -2.35. The van der Waals surface area contributed by atoms with E-state index in [0.717, 1.165) is 48.2 Å². The van der Waals surface area contributed by atoms with Crippen LogP contribution in [0.2, 0.25) is 0 Å². The Kier molecular flexibility index (Phi) is 3.81. The van der Waals surface area contributed by atoms with Gasteiger partial charge in [-0.2, -0.15) is 0 Å². The molecular formula is C20H20N2O2. The number of aryl methyl sites for hydroxylation is 2. The van der Waals surface area contributed by atoms with Gasteiger partial charge in [-0.3, -0.25) is 9.59 Å². The van der Waals surface area contributed by atoms with Crippen LogP contribution in [0.25, 0.3) is 0 Å². The van der Waals surface area contributed by atoms with E-state index in [1.165, 1.54) is 0 Å². The van der Waals surface area contributed by atoms with Gasteiger partial charge in [0.1, 0.15) is 0 Å². The Morgan fingerprint density at radius 2 is 1.79 bits per heavy atom. The van der Waals surface area contributed by atoms with Crippen LogP contribution in [0.15, 0.2) is 42.5 Å². The molecule has 0 spiro atoms. The average molecular weight is 320 g/mol. The molecule has 2 heterocycles. The van der Waals surface area contributed by atoms with Gasteiger partial charge in [0.05, 0.1) is 5.69 Å². The van der Waals surface area contributed by atoms with Crippen LogP contribution in [0.5, 0.6) is 0 Å². The van der Waals surface area contributed by atoms with E-state index in [1.54, 1.807) is 0 Å². The van der Waals surface area contributed by atoms with Crippen molar-refractivity contribution in [1.29, 1.82) is 0 Å². The van der Waals surface area contributed by atoms with E-state index in [9.17, 15) is 9.59 Å². The zero-order valence-corrected chi connectivity index (χ0v) is 13.5. The van der Waals surface area contributed by atoms with Gasteiger partial charge in [-0.15, -0.1) is 0 Å². The van der Waals surface area contributed by atoms with Crippen molar-refractivity contribution in [3.8, 4) is 0 Å². The van der Waals surface area contributed by atoms with E-state index in [4.69, 9.17) is 0 Å². The number of anilines is 1. The van der Waals surface area contributed by atoms with Gasteiger partial charge in [-0.25, -0.2) is 0 Å². The Balaban J connectivity index is 1.58. The summed E-state index contributed by atoms with van der Waals surface area (Å²) in [6, 6.07) is 13.8. The van der Waals surface area contributed by atoms with Crippen LogP contribution < -0.4 is 10.2 Å². The fourth-order valence-corrected chi connectivity index (χ4v) is 3.66. The van der Waals surface area contributed by atoms with Crippen LogP contribution >= 0.6 is 0 Å². The first-order chi connectivity index (χ1) is 11.7. The number of carbonyl (C=O) groups excluding carboxylic acids is 2. The van der Waals surface area contributed by atoms with Gasteiger partial charge < -0.3 is 10.2 Å². The van der Waals surface area contributed by atoms with Gasteiger partial charge in [-0.05, 0) is 48.1 Å². The number of amides is 2. The normalized spacial score (nSPS) is 15.8. The first-order valence-electron chi connectivity index (χ1n) is 8.50. The molecule has 0 radical (unpaired) electrons. The van der Waals surface area contributed by atoms with E-state index >= 15 is 0 Å². The summed E-state index contributed by atoms with van der Waals surface area (Å²) in [4.78, 5) is 26.5. The molecule has 2 aliphatic rings. The van der Waals surface area contributed by atoms with Gasteiger partial charge >= 0.3 is 0 Å². The van der Waals surface area contributed by atoms with Crippen molar-refractivity contribution in [1.82, 2.24) is 5.32 Å². The highest BCUT2D eigenvalue weighted by molar-refractivity contribution is 6.00. The fraction of sp³-hybridized carbons (Fsp3) is 0.300. The molecule has 0 aromatic heterocycles. The number of rotatable bonds is 3. The maximum atomic E-state index is 12.5. The minimum Gasteiger partial charge on any atom is -0.348 e. The molecule has 2 amide bonds. The molecule has 1 N–H and O–H groups in total. The van der Waals surface area contributed by atoms with Crippen molar-refractivity contribution >= 4 is 17.5 Å². The Morgan fingerprint density at radius 1 is 1.04 bits per heavy atom. The Labute approximate surface area is 141 Å². The maximum Gasteiger partial charge on any atom is 0.251 e. The van der Waals surface area contributed by atoms with E-state index < -0.39 is 0 Å². The molecule has 4 heteroatoms. The summed E-state index contributed by atoms with van der Waals surface area (Å²) < 4.78 is 0. The maximum absolute atomic E-state index is 12.5. The molecule has 2 aliphatic heterocycles. The van der Waals surface area contributed by atoms with Crippen LogP contribution in [-0.2, 0) is 24.2 Å². The van der Waals surface area contributed by atoms with Gasteiger partial charge in [0.15, 0.2) is 0 Å². The molecule has 0 atom stereocenters. The summed E-state index contributed by atoms with van der Waals surface area (Å²) >= 11 is 0. The second-order valence-electron chi connectivity index (χ2n) is 6.46. The molecule has 2 aromatic rings. The van der Waals surface area contributed by atoms with Gasteiger partial charge in [0, 0.05) is 25.1 Å². The lowest BCUT2D eigenvalue weighted by atomic mass is 9.89. The number of hydrogen-bond donors (Lipinski definition) is 1. The highest BCUT2D eigenvalue weighted by Gasteiger charge is 2.30. The average Bonchev–Trinajstić information content (AvgIpc) is 2.63. The minimum atomic E-state index is -0.0491. The zero-order valence-electron chi connectivity index (χ0n) is 13.5. The van der Waals surface area contributed by atoms with Crippen molar-refractivity contribution in [2.45, 2.75) is 32.2 Å². The van der Waals surface area contributed by atoms with Crippen LogP contribution in [0.1, 0.15) is 39.9 Å². The first kappa shape index (κ1) is 14.9. The topological polar surface area (TPSA) is 49.4 Å². The van der Waals surface area contributed by atoms with Crippen molar-refractivity contribution in [2.24, 2.45) is 0 Å². The van der Waals surface area contributed by atoms with Crippen LogP contribution in [0.4, 0.5) is 5.69 Å². The molecule has 122 valence electrons. The number of benzene rings is 2. The van der Waals surface area contributed by atoms with Crippen molar-refractivity contribution < 1.29 is 9.59 Å². The fourth-order valence-electron chi connectivity index (χ4n) is 3.66. The predicted octanol–water partition coefficient (Wildman–Crippen LogP) is 2.84. The SMILES string of the molecule is O=C(NCc1ccccc1)c1cc2c3c(c1)CCC(=O)N3CCC2. The van der Waals surface area contributed by atoms with Crippen LogP contribution in [0.3, 0.4) is 0 Å². The molecule has 0 saturated heterocycles. The van der Waals surface area contributed by atoms with E-state index in [0.29, 0.717) is 18.5 Å². The monoisotopic (exact) mass is 320 g/mol. The minimum absolute atomic E-state index is 0.0491. The number of nitrogens with zero attached hydrogens (tertiary/aromatic N) is 1. The van der Waals surface area contributed by atoms with Gasteiger partial charge in [0.2, 0.25) is 5.91 Å². The molecule has 4 rings (SSSR count). The Hall–Kier alpha value is -2.62. The molecule has 0 saturated carbocycles. The molecule has 4 nitrogen and oxygen atoms in total. The summed E-state index contributed by atoms with van der Waals surface area (Å²) in [7, 11) is 0. The summed E-state index contributed by atoms with van der Waals surface area (Å²) in [6.45, 7) is 1.33. The van der Waals surface area contributed by atoms with Crippen molar-refractivity contribution in [3.63, 3.8) is 0 Å². The molecule has 2 aromatic carbocycles. The standard InChI is InChI=1S/C20H20N2O2/c23-18-9-8-16-12-17(11-15-7-4-10-22(18)19(15)16)20(24)21-13-14-5-2-1-3-6-14/h1-3,5-6,11-12H,4,7-10,13H2,(H,21,24). The highest BCUT2D eigenvalue weighted by Crippen LogP contribution is 2.36. The summed E-state index contributed by atoms with van der Waals surface area (Å²) in [5, 5.41) is 2.99. The second kappa shape index (κ2) is 6.11. The van der Waals surface area contributed by atoms with E-state index in [-0.39, 0.29) is 11.8 Å². The number of hydrogen-bond acceptors (Lipinski definition) is 2. The van der Waals surface area contributed by atoms with Crippen molar-refractivity contribution in [3.05, 3.63) is 64.7 Å². The molecule has 0 fully saturated rings. The third kappa shape index (κ3) is 2.68. The van der Waals surface area contributed by atoms with Gasteiger partial charge in [0.25, 0.3) is 5.91 Å². The first-order valence-corrected chi connectivity index (χ1v) is 8.50. The Morgan fingerprint density at radius 3 is 2.58 bits per heavy atom. The third-order valence-electron chi connectivity index (χ3n) is 4.83. The molecule has 24 heavy (non-hydrogen) atoms. The van der Waals surface area contributed by atoms with Gasteiger partial charge in [-0.1, -0.05) is 30.3 Å². The smallest absolute Gasteiger partial charge is 0.251 e. The highest BCUT2D eigenvalue weighted by atomic mass is 16.2.